The average Bonchev–Trinajstić information content (AvgIpc) is 3.30. The zero-order valence-electron chi connectivity index (χ0n) is 18.1. The van der Waals surface area contributed by atoms with Gasteiger partial charge in [-0.2, -0.15) is 5.26 Å². The lowest BCUT2D eigenvalue weighted by atomic mass is 10.1. The highest BCUT2D eigenvalue weighted by Crippen LogP contribution is 2.28. The molecule has 162 valence electrons. The van der Waals surface area contributed by atoms with Crippen LogP contribution in [0.2, 0.25) is 0 Å². The highest BCUT2D eigenvalue weighted by atomic mass is 32.1. The van der Waals surface area contributed by atoms with Crippen LogP contribution in [0.4, 0.5) is 5.69 Å². The number of thiazole rings is 1. The summed E-state index contributed by atoms with van der Waals surface area (Å²) in [7, 11) is 2.54. The fourth-order valence-corrected chi connectivity index (χ4v) is 3.71. The van der Waals surface area contributed by atoms with Crippen molar-refractivity contribution in [1.82, 2.24) is 4.98 Å². The lowest BCUT2D eigenvalue weighted by Gasteiger charge is -2.10. The van der Waals surface area contributed by atoms with E-state index >= 15 is 0 Å². The molecular weight excluding hydrogens is 426 g/mol. The molecule has 0 saturated carbocycles. The molecule has 0 aliphatic carbocycles. The number of hydrogen-bond acceptors (Lipinski definition) is 8. The molecule has 0 bridgehead atoms. The third kappa shape index (κ3) is 4.85. The second-order valence-electron chi connectivity index (χ2n) is 6.89. The summed E-state index contributed by atoms with van der Waals surface area (Å²) >= 11 is 1.34. The first-order valence-electron chi connectivity index (χ1n) is 9.59. The Balaban J connectivity index is 1.93. The fourth-order valence-electron chi connectivity index (χ4n) is 2.92. The SMILES string of the molecule is COC(=O)c1ccc(C(=O)OC)c(N/C=C(\C#N)c2nc(-c3ccc(C)c(C)c3)cs2)c1. The van der Waals surface area contributed by atoms with E-state index in [1.54, 1.807) is 0 Å². The topological polar surface area (TPSA) is 101 Å². The van der Waals surface area contributed by atoms with Crippen molar-refractivity contribution in [3.8, 4) is 17.3 Å². The number of nitriles is 1. The summed E-state index contributed by atoms with van der Waals surface area (Å²) in [6.07, 6.45) is 1.45. The Morgan fingerprint density at radius 3 is 2.47 bits per heavy atom. The van der Waals surface area contributed by atoms with Crippen LogP contribution in [-0.4, -0.2) is 31.1 Å². The predicted octanol–water partition coefficient (Wildman–Crippen LogP) is 4.98. The molecule has 32 heavy (non-hydrogen) atoms. The first-order valence-corrected chi connectivity index (χ1v) is 10.5. The maximum Gasteiger partial charge on any atom is 0.339 e. The zero-order valence-corrected chi connectivity index (χ0v) is 18.9. The molecule has 0 atom stereocenters. The van der Waals surface area contributed by atoms with Crippen LogP contribution < -0.4 is 5.32 Å². The molecule has 1 heterocycles. The number of carbonyl (C=O) groups excluding carboxylic acids is 2. The molecule has 0 aliphatic rings. The van der Waals surface area contributed by atoms with Gasteiger partial charge < -0.3 is 14.8 Å². The molecule has 0 aliphatic heterocycles. The summed E-state index contributed by atoms with van der Waals surface area (Å²) < 4.78 is 9.54. The minimum absolute atomic E-state index is 0.212. The predicted molar refractivity (Wildman–Crippen MR) is 123 cm³/mol. The van der Waals surface area contributed by atoms with Gasteiger partial charge in [-0.05, 0) is 49.2 Å². The third-order valence-corrected chi connectivity index (χ3v) is 5.75. The number of nitrogens with zero attached hydrogens (tertiary/aromatic N) is 2. The van der Waals surface area contributed by atoms with Crippen molar-refractivity contribution in [3.05, 3.63) is 75.2 Å². The lowest BCUT2D eigenvalue weighted by molar-refractivity contribution is 0.0587. The summed E-state index contributed by atoms with van der Waals surface area (Å²) in [6, 6.07) is 12.6. The number of aromatic nitrogens is 1. The average molecular weight is 448 g/mol. The monoisotopic (exact) mass is 447 g/mol. The number of esters is 2. The van der Waals surface area contributed by atoms with E-state index in [1.165, 1.54) is 55.5 Å². The van der Waals surface area contributed by atoms with Crippen LogP contribution in [0.3, 0.4) is 0 Å². The van der Waals surface area contributed by atoms with E-state index < -0.39 is 11.9 Å². The van der Waals surface area contributed by atoms with Gasteiger partial charge in [0.05, 0.1) is 36.7 Å². The quantitative estimate of drug-likeness (QED) is 0.420. The summed E-state index contributed by atoms with van der Waals surface area (Å²) in [6.45, 7) is 4.09. The minimum atomic E-state index is -0.581. The maximum absolute atomic E-state index is 12.1. The molecule has 2 aromatic carbocycles. The van der Waals surface area contributed by atoms with Crippen LogP contribution in [0.1, 0.15) is 36.9 Å². The Bertz CT molecular complexity index is 1250. The number of aryl methyl sites for hydroxylation is 2. The van der Waals surface area contributed by atoms with Crippen molar-refractivity contribution in [1.29, 1.82) is 5.26 Å². The van der Waals surface area contributed by atoms with Crippen LogP contribution in [0.5, 0.6) is 0 Å². The van der Waals surface area contributed by atoms with E-state index in [2.05, 4.69) is 22.4 Å². The Morgan fingerprint density at radius 1 is 1.06 bits per heavy atom. The molecule has 7 nitrogen and oxygen atoms in total. The standard InChI is InChI=1S/C24H21N3O4S/c1-14-5-6-16(9-15(14)2)21-13-32-22(27-21)18(11-25)12-26-20-10-17(23(28)30-3)7-8-19(20)24(29)31-4/h5-10,12-13,26H,1-4H3/b18-12+. The molecule has 0 saturated heterocycles. The second kappa shape index (κ2) is 9.90. The number of nitrogens with one attached hydrogen (secondary N) is 1. The summed E-state index contributed by atoms with van der Waals surface area (Å²) in [5, 5.41) is 15.0. The molecular formula is C24H21N3O4S. The van der Waals surface area contributed by atoms with Gasteiger partial charge in [0.2, 0.25) is 0 Å². The highest BCUT2D eigenvalue weighted by Gasteiger charge is 2.16. The van der Waals surface area contributed by atoms with Gasteiger partial charge in [-0.25, -0.2) is 14.6 Å². The van der Waals surface area contributed by atoms with Crippen LogP contribution in [0, 0.1) is 25.2 Å². The summed E-state index contributed by atoms with van der Waals surface area (Å²) in [5.41, 5.74) is 5.15. The molecule has 0 spiro atoms. The summed E-state index contributed by atoms with van der Waals surface area (Å²) in [5.74, 6) is -1.13. The van der Waals surface area contributed by atoms with Crippen molar-refractivity contribution in [3.63, 3.8) is 0 Å². The summed E-state index contributed by atoms with van der Waals surface area (Å²) in [4.78, 5) is 28.6. The number of carbonyl (C=O) groups is 2. The second-order valence-corrected chi connectivity index (χ2v) is 7.75. The zero-order chi connectivity index (χ0) is 23.3. The van der Waals surface area contributed by atoms with Gasteiger partial charge in [-0.3, -0.25) is 0 Å². The number of hydrogen-bond donors (Lipinski definition) is 1. The molecule has 3 aromatic rings. The molecule has 0 radical (unpaired) electrons. The van der Waals surface area contributed by atoms with E-state index in [4.69, 9.17) is 9.47 Å². The molecule has 0 unspecified atom stereocenters. The molecule has 0 amide bonds. The Hall–Kier alpha value is -3.96. The smallest absolute Gasteiger partial charge is 0.339 e. The maximum atomic E-state index is 12.1. The third-order valence-electron chi connectivity index (χ3n) is 4.88. The van der Waals surface area contributed by atoms with Gasteiger partial charge in [0.1, 0.15) is 16.6 Å². The molecule has 0 fully saturated rings. The van der Waals surface area contributed by atoms with Crippen LogP contribution in [-0.2, 0) is 9.47 Å². The number of allylic oxidation sites excluding steroid dienone is 1. The Labute approximate surface area is 189 Å². The van der Waals surface area contributed by atoms with Crippen molar-refractivity contribution in [2.45, 2.75) is 13.8 Å². The van der Waals surface area contributed by atoms with Gasteiger partial charge >= 0.3 is 11.9 Å². The number of anilines is 1. The minimum Gasteiger partial charge on any atom is -0.465 e. The molecule has 1 N–H and O–H groups in total. The number of rotatable bonds is 6. The van der Waals surface area contributed by atoms with E-state index in [9.17, 15) is 14.9 Å². The van der Waals surface area contributed by atoms with Crippen molar-refractivity contribution >= 4 is 34.5 Å². The Morgan fingerprint density at radius 2 is 1.81 bits per heavy atom. The highest BCUT2D eigenvalue weighted by molar-refractivity contribution is 7.11. The van der Waals surface area contributed by atoms with Crippen molar-refractivity contribution < 1.29 is 19.1 Å². The van der Waals surface area contributed by atoms with E-state index in [0.29, 0.717) is 10.7 Å². The first kappa shape index (κ1) is 22.7. The van der Waals surface area contributed by atoms with Crippen LogP contribution in [0.25, 0.3) is 16.8 Å². The number of methoxy groups -OCH3 is 2. The first-order chi connectivity index (χ1) is 15.4. The van der Waals surface area contributed by atoms with E-state index in [1.807, 2.05) is 31.4 Å². The van der Waals surface area contributed by atoms with Gasteiger partial charge in [0, 0.05) is 17.1 Å². The Kier molecular flexibility index (Phi) is 7.03. The molecule has 3 rings (SSSR count). The van der Waals surface area contributed by atoms with E-state index in [-0.39, 0.29) is 16.7 Å². The van der Waals surface area contributed by atoms with Gasteiger partial charge in [0.15, 0.2) is 0 Å². The van der Waals surface area contributed by atoms with Gasteiger partial charge in [-0.15, -0.1) is 11.3 Å². The molecule has 1 aromatic heterocycles. The van der Waals surface area contributed by atoms with Gasteiger partial charge in [-0.1, -0.05) is 12.1 Å². The van der Waals surface area contributed by atoms with Gasteiger partial charge in [0.25, 0.3) is 0 Å². The number of benzene rings is 2. The largest absolute Gasteiger partial charge is 0.465 e. The van der Waals surface area contributed by atoms with E-state index in [0.717, 1.165) is 16.8 Å². The van der Waals surface area contributed by atoms with Crippen LogP contribution >= 0.6 is 11.3 Å². The normalized spacial score (nSPS) is 10.9. The van der Waals surface area contributed by atoms with Crippen molar-refractivity contribution in [2.24, 2.45) is 0 Å². The number of ether oxygens (including phenoxy) is 2. The fraction of sp³-hybridized carbons (Fsp3) is 0.167. The lowest BCUT2D eigenvalue weighted by Crippen LogP contribution is -2.08. The molecule has 8 heteroatoms. The van der Waals surface area contributed by atoms with Crippen LogP contribution in [0.15, 0.2) is 48.0 Å². The van der Waals surface area contributed by atoms with Crippen molar-refractivity contribution in [2.75, 3.05) is 19.5 Å².